The maximum atomic E-state index is 11.8. The maximum absolute atomic E-state index is 11.8. The van der Waals surface area contributed by atoms with Crippen molar-refractivity contribution < 1.29 is 4.79 Å². The topological polar surface area (TPSA) is 58.1 Å². The van der Waals surface area contributed by atoms with Crippen LogP contribution in [0, 0.1) is 5.92 Å². The lowest BCUT2D eigenvalue weighted by Gasteiger charge is -2.30. The number of carbonyl (C=O) groups excluding carboxylic acids is 1. The summed E-state index contributed by atoms with van der Waals surface area (Å²) in [5, 5.41) is 11.0. The van der Waals surface area contributed by atoms with Crippen molar-refractivity contribution >= 4 is 11.7 Å². The Labute approximate surface area is 114 Å². The third-order valence-corrected chi connectivity index (χ3v) is 3.41. The molecule has 5 nitrogen and oxygen atoms in total. The fraction of sp³-hybridized carbons (Fsp3) is 0.643. The molecule has 1 saturated heterocycles. The molecule has 1 amide bonds. The van der Waals surface area contributed by atoms with Gasteiger partial charge in [-0.2, -0.15) is 0 Å². The predicted octanol–water partition coefficient (Wildman–Crippen LogP) is 1.85. The first-order valence-corrected chi connectivity index (χ1v) is 6.96. The molecule has 1 fully saturated rings. The number of rotatable bonds is 3. The summed E-state index contributed by atoms with van der Waals surface area (Å²) in [4.78, 5) is 14.0. The molecule has 2 rings (SSSR count). The van der Waals surface area contributed by atoms with Crippen molar-refractivity contribution in [1.29, 1.82) is 0 Å². The van der Waals surface area contributed by atoms with E-state index in [-0.39, 0.29) is 11.9 Å². The molecular weight excluding hydrogens is 240 g/mol. The highest BCUT2D eigenvalue weighted by Gasteiger charge is 2.18. The average molecular weight is 262 g/mol. The summed E-state index contributed by atoms with van der Waals surface area (Å²) >= 11 is 0. The van der Waals surface area contributed by atoms with Gasteiger partial charge in [-0.1, -0.05) is 6.92 Å². The van der Waals surface area contributed by atoms with Gasteiger partial charge in [-0.15, -0.1) is 10.2 Å². The van der Waals surface area contributed by atoms with Gasteiger partial charge in [0.25, 0.3) is 5.91 Å². The van der Waals surface area contributed by atoms with E-state index in [1.807, 2.05) is 19.9 Å². The molecule has 0 aromatic carbocycles. The fourth-order valence-corrected chi connectivity index (χ4v) is 2.19. The Morgan fingerprint density at radius 1 is 1.32 bits per heavy atom. The second-order valence-electron chi connectivity index (χ2n) is 5.57. The van der Waals surface area contributed by atoms with E-state index in [1.54, 1.807) is 6.07 Å². The van der Waals surface area contributed by atoms with Crippen molar-refractivity contribution in [3.63, 3.8) is 0 Å². The van der Waals surface area contributed by atoms with Crippen molar-refractivity contribution in [3.8, 4) is 0 Å². The summed E-state index contributed by atoms with van der Waals surface area (Å²) in [5.74, 6) is 1.50. The van der Waals surface area contributed by atoms with Gasteiger partial charge in [-0.05, 0) is 44.7 Å². The van der Waals surface area contributed by atoms with Crippen LogP contribution >= 0.6 is 0 Å². The van der Waals surface area contributed by atoms with Gasteiger partial charge >= 0.3 is 0 Å². The molecule has 2 heterocycles. The first kappa shape index (κ1) is 13.8. The largest absolute Gasteiger partial charge is 0.355 e. The Morgan fingerprint density at radius 2 is 2.00 bits per heavy atom. The average Bonchev–Trinajstić information content (AvgIpc) is 2.39. The highest BCUT2D eigenvalue weighted by atomic mass is 16.2. The van der Waals surface area contributed by atoms with Gasteiger partial charge in [0.2, 0.25) is 0 Å². The number of aromatic nitrogens is 2. The second-order valence-corrected chi connectivity index (χ2v) is 5.57. The Balaban J connectivity index is 2.00. The van der Waals surface area contributed by atoms with Gasteiger partial charge in [0.1, 0.15) is 0 Å². The molecule has 0 aliphatic carbocycles. The summed E-state index contributed by atoms with van der Waals surface area (Å²) in [5.41, 5.74) is 0.378. The SMILES string of the molecule is CC1CCN(c2ccc(C(=O)NC(C)C)nn2)CC1. The number of carbonyl (C=O) groups is 1. The molecule has 0 bridgehead atoms. The molecule has 1 aromatic rings. The quantitative estimate of drug-likeness (QED) is 0.903. The Hall–Kier alpha value is -1.65. The van der Waals surface area contributed by atoms with Gasteiger partial charge in [-0.25, -0.2) is 0 Å². The number of amides is 1. The molecule has 1 aliphatic rings. The summed E-state index contributed by atoms with van der Waals surface area (Å²) in [6, 6.07) is 3.74. The Bertz CT molecular complexity index is 422. The number of nitrogens with zero attached hydrogens (tertiary/aromatic N) is 3. The van der Waals surface area contributed by atoms with Crippen LogP contribution < -0.4 is 10.2 Å². The highest BCUT2D eigenvalue weighted by molar-refractivity contribution is 5.92. The van der Waals surface area contributed by atoms with E-state index in [9.17, 15) is 4.79 Å². The van der Waals surface area contributed by atoms with E-state index >= 15 is 0 Å². The van der Waals surface area contributed by atoms with Crippen LogP contribution in [0.25, 0.3) is 0 Å². The van der Waals surface area contributed by atoms with Crippen LogP contribution in [-0.4, -0.2) is 35.2 Å². The van der Waals surface area contributed by atoms with Crippen LogP contribution in [0.1, 0.15) is 44.1 Å². The van der Waals surface area contributed by atoms with Crippen LogP contribution in [-0.2, 0) is 0 Å². The van der Waals surface area contributed by atoms with Gasteiger partial charge < -0.3 is 10.2 Å². The summed E-state index contributed by atoms with van der Waals surface area (Å²) in [7, 11) is 0. The number of piperidine rings is 1. The highest BCUT2D eigenvalue weighted by Crippen LogP contribution is 2.20. The predicted molar refractivity (Wildman–Crippen MR) is 75.2 cm³/mol. The third-order valence-electron chi connectivity index (χ3n) is 3.41. The normalized spacial score (nSPS) is 16.7. The molecule has 1 aromatic heterocycles. The van der Waals surface area contributed by atoms with E-state index in [2.05, 4.69) is 27.3 Å². The number of anilines is 1. The number of hydrogen-bond acceptors (Lipinski definition) is 4. The zero-order valence-corrected chi connectivity index (χ0v) is 11.9. The zero-order valence-electron chi connectivity index (χ0n) is 11.9. The Kier molecular flexibility index (Phi) is 4.35. The van der Waals surface area contributed by atoms with Gasteiger partial charge in [-0.3, -0.25) is 4.79 Å². The molecule has 1 N–H and O–H groups in total. The minimum atomic E-state index is -0.165. The van der Waals surface area contributed by atoms with Crippen molar-refractivity contribution in [2.75, 3.05) is 18.0 Å². The van der Waals surface area contributed by atoms with E-state index in [4.69, 9.17) is 0 Å². The number of hydrogen-bond donors (Lipinski definition) is 1. The first-order chi connectivity index (χ1) is 9.06. The fourth-order valence-electron chi connectivity index (χ4n) is 2.19. The first-order valence-electron chi connectivity index (χ1n) is 6.96. The van der Waals surface area contributed by atoms with E-state index < -0.39 is 0 Å². The Morgan fingerprint density at radius 3 is 2.53 bits per heavy atom. The van der Waals surface area contributed by atoms with Gasteiger partial charge in [0.15, 0.2) is 11.5 Å². The molecule has 0 saturated carbocycles. The summed E-state index contributed by atoms with van der Waals surface area (Å²) in [6.07, 6.45) is 2.38. The molecule has 0 spiro atoms. The summed E-state index contributed by atoms with van der Waals surface area (Å²) < 4.78 is 0. The molecule has 5 heteroatoms. The van der Waals surface area contributed by atoms with E-state index in [0.717, 1.165) is 24.8 Å². The molecule has 0 atom stereocenters. The second kappa shape index (κ2) is 5.99. The van der Waals surface area contributed by atoms with Crippen LogP contribution in [0.3, 0.4) is 0 Å². The van der Waals surface area contributed by atoms with Crippen LogP contribution in [0.4, 0.5) is 5.82 Å². The smallest absolute Gasteiger partial charge is 0.271 e. The van der Waals surface area contributed by atoms with Crippen LogP contribution in [0.5, 0.6) is 0 Å². The molecule has 1 aliphatic heterocycles. The lowest BCUT2D eigenvalue weighted by atomic mass is 9.99. The summed E-state index contributed by atoms with van der Waals surface area (Å²) in [6.45, 7) is 8.17. The minimum absolute atomic E-state index is 0.109. The minimum Gasteiger partial charge on any atom is -0.355 e. The zero-order chi connectivity index (χ0) is 13.8. The molecule has 0 unspecified atom stereocenters. The van der Waals surface area contributed by atoms with E-state index in [0.29, 0.717) is 5.69 Å². The lowest BCUT2D eigenvalue weighted by molar-refractivity contribution is 0.0937. The maximum Gasteiger partial charge on any atom is 0.271 e. The van der Waals surface area contributed by atoms with Crippen molar-refractivity contribution in [1.82, 2.24) is 15.5 Å². The van der Waals surface area contributed by atoms with Gasteiger partial charge in [0.05, 0.1) is 0 Å². The third kappa shape index (κ3) is 3.66. The molecular formula is C14H22N4O. The molecule has 0 radical (unpaired) electrons. The van der Waals surface area contributed by atoms with Crippen molar-refractivity contribution in [3.05, 3.63) is 17.8 Å². The lowest BCUT2D eigenvalue weighted by Crippen LogP contribution is -2.34. The van der Waals surface area contributed by atoms with Crippen molar-refractivity contribution in [2.45, 2.75) is 39.7 Å². The number of nitrogens with one attached hydrogen (secondary N) is 1. The van der Waals surface area contributed by atoms with Crippen LogP contribution in [0.2, 0.25) is 0 Å². The monoisotopic (exact) mass is 262 g/mol. The van der Waals surface area contributed by atoms with Crippen molar-refractivity contribution in [2.24, 2.45) is 5.92 Å². The molecule has 19 heavy (non-hydrogen) atoms. The van der Waals surface area contributed by atoms with Crippen LogP contribution in [0.15, 0.2) is 12.1 Å². The standard InChI is InChI=1S/C14H22N4O/c1-10(2)15-14(19)12-4-5-13(17-16-12)18-8-6-11(3)7-9-18/h4-5,10-11H,6-9H2,1-3H3,(H,15,19). The molecule has 104 valence electrons. The van der Waals surface area contributed by atoms with Gasteiger partial charge in [0, 0.05) is 19.1 Å². The van der Waals surface area contributed by atoms with E-state index in [1.165, 1.54) is 12.8 Å².